The van der Waals surface area contributed by atoms with E-state index in [1.807, 2.05) is 0 Å². The minimum Gasteiger partial charge on any atom is -0.409 e. The molecule has 0 aliphatic carbocycles. The Balaban J connectivity index is 2.86. The van der Waals surface area contributed by atoms with Crippen LogP contribution in [-0.4, -0.2) is 30.8 Å². The van der Waals surface area contributed by atoms with Crippen molar-refractivity contribution < 1.29 is 14.3 Å². The monoisotopic (exact) mass is 283 g/mol. The molecule has 1 atom stereocenters. The van der Waals surface area contributed by atoms with E-state index in [1.54, 1.807) is 13.2 Å². The van der Waals surface area contributed by atoms with Crippen molar-refractivity contribution in [2.45, 2.75) is 26.4 Å². The highest BCUT2D eigenvalue weighted by atomic mass is 19.1. The second-order valence-electron chi connectivity index (χ2n) is 4.97. The maximum Gasteiger partial charge on any atom is 0.170 e. The van der Waals surface area contributed by atoms with E-state index in [2.05, 4.69) is 24.3 Å². The van der Waals surface area contributed by atoms with Crippen LogP contribution in [-0.2, 0) is 11.3 Å². The Bertz CT molecular complexity index is 464. The topological polar surface area (TPSA) is 79.9 Å². The summed E-state index contributed by atoms with van der Waals surface area (Å²) in [5.74, 6) is -0.135. The first-order chi connectivity index (χ1) is 9.49. The summed E-state index contributed by atoms with van der Waals surface area (Å²) in [6.07, 6.45) is 0. The Morgan fingerprint density at radius 2 is 2.20 bits per heavy atom. The summed E-state index contributed by atoms with van der Waals surface area (Å²) in [5.41, 5.74) is 6.73. The summed E-state index contributed by atoms with van der Waals surface area (Å²) in [7, 11) is 1.65. The molecule has 0 spiro atoms. The number of methoxy groups -OCH3 is 1. The maximum atomic E-state index is 13.3. The second kappa shape index (κ2) is 7.81. The molecule has 4 N–H and O–H groups in total. The molecular weight excluding hydrogens is 261 g/mol. The third kappa shape index (κ3) is 4.47. The van der Waals surface area contributed by atoms with E-state index in [0.29, 0.717) is 24.6 Å². The molecule has 0 heterocycles. The fourth-order valence-corrected chi connectivity index (χ4v) is 1.90. The number of rotatable bonds is 7. The summed E-state index contributed by atoms with van der Waals surface area (Å²) in [6, 6.07) is 4.41. The van der Waals surface area contributed by atoms with Gasteiger partial charge >= 0.3 is 0 Å². The van der Waals surface area contributed by atoms with Crippen LogP contribution < -0.4 is 11.1 Å². The van der Waals surface area contributed by atoms with Crippen LogP contribution in [0.1, 0.15) is 25.0 Å². The van der Waals surface area contributed by atoms with E-state index in [0.717, 1.165) is 5.56 Å². The quantitative estimate of drug-likeness (QED) is 0.308. The molecule has 1 rings (SSSR count). The van der Waals surface area contributed by atoms with Gasteiger partial charge in [0.1, 0.15) is 5.82 Å². The standard InChI is InChI=1S/C14H22FN3O2/c1-9(2)13(8-20-3)17-7-10-4-5-11(15)6-12(10)14(16)18-19/h4-6,9,13,17,19H,7-8H2,1-3H3,(H2,16,18). The molecule has 20 heavy (non-hydrogen) atoms. The highest BCUT2D eigenvalue weighted by Gasteiger charge is 2.14. The van der Waals surface area contributed by atoms with Crippen LogP contribution in [0.25, 0.3) is 0 Å². The largest absolute Gasteiger partial charge is 0.409 e. The fraction of sp³-hybridized carbons (Fsp3) is 0.500. The SMILES string of the molecule is COCC(NCc1ccc(F)cc1C(N)=NO)C(C)C. The predicted octanol–water partition coefficient (Wildman–Crippen LogP) is 1.68. The van der Waals surface area contributed by atoms with Crippen molar-refractivity contribution in [1.29, 1.82) is 0 Å². The number of nitrogens with two attached hydrogens (primary N) is 1. The molecule has 6 heteroatoms. The molecule has 5 nitrogen and oxygen atoms in total. The number of hydrogen-bond acceptors (Lipinski definition) is 4. The van der Waals surface area contributed by atoms with Crippen molar-refractivity contribution in [3.8, 4) is 0 Å². The van der Waals surface area contributed by atoms with Gasteiger partial charge in [-0.15, -0.1) is 0 Å². The Labute approximate surface area is 118 Å². The molecule has 1 aromatic carbocycles. The number of amidine groups is 1. The molecule has 0 saturated heterocycles. The molecule has 1 unspecified atom stereocenters. The van der Waals surface area contributed by atoms with Crippen LogP contribution in [0, 0.1) is 11.7 Å². The van der Waals surface area contributed by atoms with E-state index in [1.165, 1.54) is 12.1 Å². The highest BCUT2D eigenvalue weighted by molar-refractivity contribution is 5.98. The van der Waals surface area contributed by atoms with Crippen molar-refractivity contribution in [1.82, 2.24) is 5.32 Å². The molecule has 0 aliphatic rings. The third-order valence-electron chi connectivity index (χ3n) is 3.16. The van der Waals surface area contributed by atoms with E-state index < -0.39 is 5.82 Å². The number of oxime groups is 1. The van der Waals surface area contributed by atoms with Crippen LogP contribution in [0.15, 0.2) is 23.4 Å². The molecular formula is C14H22FN3O2. The first-order valence-corrected chi connectivity index (χ1v) is 6.48. The summed E-state index contributed by atoms with van der Waals surface area (Å²) >= 11 is 0. The zero-order valence-electron chi connectivity index (χ0n) is 12.1. The van der Waals surface area contributed by atoms with Crippen LogP contribution in [0.5, 0.6) is 0 Å². The van der Waals surface area contributed by atoms with E-state index in [9.17, 15) is 4.39 Å². The molecule has 1 aromatic rings. The van der Waals surface area contributed by atoms with Gasteiger partial charge in [-0.05, 0) is 23.6 Å². The van der Waals surface area contributed by atoms with Gasteiger partial charge in [0.05, 0.1) is 6.61 Å². The van der Waals surface area contributed by atoms with Gasteiger partial charge in [0.25, 0.3) is 0 Å². The molecule has 112 valence electrons. The molecule has 0 saturated carbocycles. The highest BCUT2D eigenvalue weighted by Crippen LogP contribution is 2.12. The third-order valence-corrected chi connectivity index (χ3v) is 3.16. The lowest BCUT2D eigenvalue weighted by Gasteiger charge is -2.22. The van der Waals surface area contributed by atoms with Crippen LogP contribution in [0.3, 0.4) is 0 Å². The first-order valence-electron chi connectivity index (χ1n) is 6.48. The summed E-state index contributed by atoms with van der Waals surface area (Å²) in [6.45, 7) is 5.24. The molecule has 0 aromatic heterocycles. The van der Waals surface area contributed by atoms with Gasteiger partial charge < -0.3 is 21.0 Å². The minimum atomic E-state index is -0.423. The van der Waals surface area contributed by atoms with Gasteiger partial charge in [0, 0.05) is 25.3 Å². The normalized spacial score (nSPS) is 13.8. The lowest BCUT2D eigenvalue weighted by molar-refractivity contribution is 0.146. The van der Waals surface area contributed by atoms with Crippen molar-refractivity contribution in [2.24, 2.45) is 16.8 Å². The molecule has 0 fully saturated rings. The van der Waals surface area contributed by atoms with Crippen molar-refractivity contribution in [3.63, 3.8) is 0 Å². The van der Waals surface area contributed by atoms with Gasteiger partial charge in [-0.3, -0.25) is 0 Å². The Kier molecular flexibility index (Phi) is 6.41. The lowest BCUT2D eigenvalue weighted by atomic mass is 10.0. The van der Waals surface area contributed by atoms with Gasteiger partial charge in [-0.2, -0.15) is 0 Å². The average molecular weight is 283 g/mol. The zero-order valence-corrected chi connectivity index (χ0v) is 12.1. The number of hydrogen-bond donors (Lipinski definition) is 3. The number of ether oxygens (including phenoxy) is 1. The van der Waals surface area contributed by atoms with Crippen LogP contribution in [0.4, 0.5) is 4.39 Å². The predicted molar refractivity (Wildman–Crippen MR) is 76.3 cm³/mol. The van der Waals surface area contributed by atoms with Crippen molar-refractivity contribution >= 4 is 5.84 Å². The average Bonchev–Trinajstić information content (AvgIpc) is 2.43. The van der Waals surface area contributed by atoms with Crippen LogP contribution >= 0.6 is 0 Å². The van der Waals surface area contributed by atoms with Gasteiger partial charge in [-0.1, -0.05) is 25.1 Å². The summed E-state index contributed by atoms with van der Waals surface area (Å²) < 4.78 is 18.4. The molecule has 0 bridgehead atoms. The molecule has 0 radical (unpaired) electrons. The number of nitrogens with zero attached hydrogens (tertiary/aromatic N) is 1. The van der Waals surface area contributed by atoms with Gasteiger partial charge in [0.15, 0.2) is 5.84 Å². The fourth-order valence-electron chi connectivity index (χ4n) is 1.90. The Morgan fingerprint density at radius 3 is 2.75 bits per heavy atom. The lowest BCUT2D eigenvalue weighted by Crippen LogP contribution is -2.37. The minimum absolute atomic E-state index is 0.103. The Hall–Kier alpha value is -1.66. The summed E-state index contributed by atoms with van der Waals surface area (Å²) in [4.78, 5) is 0. The summed E-state index contributed by atoms with van der Waals surface area (Å²) in [5, 5.41) is 15.0. The number of nitrogens with one attached hydrogen (secondary N) is 1. The van der Waals surface area contributed by atoms with Crippen molar-refractivity contribution in [3.05, 3.63) is 35.1 Å². The number of halogens is 1. The zero-order chi connectivity index (χ0) is 15.1. The first kappa shape index (κ1) is 16.4. The second-order valence-corrected chi connectivity index (χ2v) is 4.97. The van der Waals surface area contributed by atoms with E-state index in [-0.39, 0.29) is 11.9 Å². The van der Waals surface area contributed by atoms with Gasteiger partial charge in [-0.25, -0.2) is 4.39 Å². The van der Waals surface area contributed by atoms with Crippen molar-refractivity contribution in [2.75, 3.05) is 13.7 Å². The van der Waals surface area contributed by atoms with Gasteiger partial charge in [0.2, 0.25) is 0 Å². The smallest absolute Gasteiger partial charge is 0.170 e. The van der Waals surface area contributed by atoms with E-state index in [4.69, 9.17) is 15.7 Å². The maximum absolute atomic E-state index is 13.3. The van der Waals surface area contributed by atoms with Crippen LogP contribution in [0.2, 0.25) is 0 Å². The Morgan fingerprint density at radius 1 is 1.50 bits per heavy atom. The molecule has 0 amide bonds. The van der Waals surface area contributed by atoms with E-state index >= 15 is 0 Å². The number of benzene rings is 1. The molecule has 0 aliphatic heterocycles.